The predicted molar refractivity (Wildman–Crippen MR) is 111 cm³/mol. The Morgan fingerprint density at radius 2 is 1.90 bits per heavy atom. The summed E-state index contributed by atoms with van der Waals surface area (Å²) in [6.45, 7) is 3.27. The van der Waals surface area contributed by atoms with Gasteiger partial charge in [-0.05, 0) is 36.4 Å². The minimum absolute atomic E-state index is 0.0898. The number of anilines is 1. The van der Waals surface area contributed by atoms with Gasteiger partial charge >= 0.3 is 0 Å². The van der Waals surface area contributed by atoms with E-state index in [4.69, 9.17) is 9.15 Å². The van der Waals surface area contributed by atoms with Gasteiger partial charge in [0.2, 0.25) is 5.01 Å². The Bertz CT molecular complexity index is 995. The van der Waals surface area contributed by atoms with Crippen LogP contribution in [0.25, 0.3) is 0 Å². The van der Waals surface area contributed by atoms with E-state index in [1.54, 1.807) is 48.4 Å². The van der Waals surface area contributed by atoms with Crippen LogP contribution in [0.4, 0.5) is 5.69 Å². The maximum atomic E-state index is 12.4. The molecule has 0 spiro atoms. The second-order valence-electron chi connectivity index (χ2n) is 6.73. The van der Waals surface area contributed by atoms with Gasteiger partial charge in [-0.15, -0.1) is 10.2 Å². The van der Waals surface area contributed by atoms with E-state index >= 15 is 0 Å². The van der Waals surface area contributed by atoms with E-state index in [2.05, 4.69) is 20.4 Å². The quantitative estimate of drug-likeness (QED) is 0.644. The molecule has 0 bridgehead atoms. The third-order valence-corrected chi connectivity index (χ3v) is 5.67. The van der Waals surface area contributed by atoms with Crippen LogP contribution in [0.15, 0.2) is 47.1 Å². The maximum absolute atomic E-state index is 12.4. The van der Waals surface area contributed by atoms with Gasteiger partial charge in [0.15, 0.2) is 5.76 Å². The van der Waals surface area contributed by atoms with E-state index in [1.807, 2.05) is 0 Å². The van der Waals surface area contributed by atoms with Gasteiger partial charge in [0, 0.05) is 31.9 Å². The van der Waals surface area contributed by atoms with Crippen LogP contribution in [0.5, 0.6) is 5.75 Å². The molecule has 3 heterocycles. The molecule has 0 atom stereocenters. The number of nitrogens with zero attached hydrogens (tertiary/aromatic N) is 4. The molecule has 1 aromatic carbocycles. The number of nitrogens with one attached hydrogen (secondary N) is 1. The summed E-state index contributed by atoms with van der Waals surface area (Å²) in [6, 6.07) is 10.5. The summed E-state index contributed by atoms with van der Waals surface area (Å²) in [7, 11) is 1.59. The Morgan fingerprint density at radius 3 is 2.57 bits per heavy atom. The molecular formula is C20H21N5O4S. The van der Waals surface area contributed by atoms with Gasteiger partial charge in [-0.25, -0.2) is 0 Å². The van der Waals surface area contributed by atoms with Gasteiger partial charge < -0.3 is 19.4 Å². The van der Waals surface area contributed by atoms with Crippen LogP contribution in [-0.2, 0) is 6.54 Å². The van der Waals surface area contributed by atoms with E-state index in [0.717, 1.165) is 23.8 Å². The number of benzene rings is 1. The van der Waals surface area contributed by atoms with Crippen LogP contribution in [0.1, 0.15) is 25.4 Å². The van der Waals surface area contributed by atoms with E-state index < -0.39 is 0 Å². The molecule has 4 rings (SSSR count). The molecule has 1 N–H and O–H groups in total. The molecule has 156 valence electrons. The Labute approximate surface area is 177 Å². The van der Waals surface area contributed by atoms with Crippen molar-refractivity contribution in [3.05, 3.63) is 58.4 Å². The fourth-order valence-corrected chi connectivity index (χ4v) is 3.90. The van der Waals surface area contributed by atoms with Crippen molar-refractivity contribution in [2.75, 3.05) is 38.6 Å². The zero-order valence-corrected chi connectivity index (χ0v) is 17.2. The van der Waals surface area contributed by atoms with E-state index in [0.29, 0.717) is 36.1 Å². The summed E-state index contributed by atoms with van der Waals surface area (Å²) in [4.78, 5) is 28.7. The summed E-state index contributed by atoms with van der Waals surface area (Å²) in [5.74, 6) is 0.697. The zero-order chi connectivity index (χ0) is 20.9. The van der Waals surface area contributed by atoms with E-state index in [-0.39, 0.29) is 11.8 Å². The highest BCUT2D eigenvalue weighted by Crippen LogP contribution is 2.18. The van der Waals surface area contributed by atoms with Crippen molar-refractivity contribution in [2.45, 2.75) is 6.54 Å². The van der Waals surface area contributed by atoms with Crippen LogP contribution in [0.2, 0.25) is 0 Å². The lowest BCUT2D eigenvalue weighted by Gasteiger charge is -2.33. The number of aromatic nitrogens is 2. The Balaban J connectivity index is 1.28. The number of piperazine rings is 1. The first kappa shape index (κ1) is 20.0. The van der Waals surface area contributed by atoms with Crippen molar-refractivity contribution in [2.24, 2.45) is 0 Å². The number of ether oxygens (including phenoxy) is 1. The highest BCUT2D eigenvalue weighted by molar-refractivity contribution is 7.13. The molecule has 1 aliphatic heterocycles. The van der Waals surface area contributed by atoms with Gasteiger partial charge in [-0.1, -0.05) is 11.3 Å². The minimum Gasteiger partial charge on any atom is -0.497 e. The first-order valence-electron chi connectivity index (χ1n) is 9.45. The molecule has 0 unspecified atom stereocenters. The Morgan fingerprint density at radius 1 is 1.13 bits per heavy atom. The summed E-state index contributed by atoms with van der Waals surface area (Å²) >= 11 is 1.27. The Kier molecular flexibility index (Phi) is 6.05. The standard InChI is InChI=1S/C20H21N5O4S/c1-28-15-6-4-14(5-7-15)21-18(26)19-23-22-17(30-19)13-24-8-10-25(11-9-24)20(27)16-3-2-12-29-16/h2-7,12H,8-11,13H2,1H3,(H,21,26). The molecule has 3 aromatic rings. The third-order valence-electron chi connectivity index (χ3n) is 4.76. The number of carbonyl (C=O) groups is 2. The average Bonchev–Trinajstić information content (AvgIpc) is 3.47. The molecule has 2 amide bonds. The van der Waals surface area contributed by atoms with Gasteiger partial charge in [0.25, 0.3) is 11.8 Å². The molecule has 9 nitrogen and oxygen atoms in total. The van der Waals surface area contributed by atoms with Crippen LogP contribution >= 0.6 is 11.3 Å². The number of hydrogen-bond donors (Lipinski definition) is 1. The van der Waals surface area contributed by atoms with E-state index in [9.17, 15) is 9.59 Å². The number of amides is 2. The molecule has 1 saturated heterocycles. The van der Waals surface area contributed by atoms with Crippen LogP contribution in [0, 0.1) is 0 Å². The number of hydrogen-bond acceptors (Lipinski definition) is 8. The largest absolute Gasteiger partial charge is 0.497 e. The normalized spacial score (nSPS) is 14.5. The van der Waals surface area contributed by atoms with Crippen LogP contribution in [-0.4, -0.2) is 65.1 Å². The Hall–Kier alpha value is -3.24. The second-order valence-corrected chi connectivity index (χ2v) is 7.79. The first-order valence-corrected chi connectivity index (χ1v) is 10.3. The van der Waals surface area contributed by atoms with Gasteiger partial charge in [0.05, 0.1) is 19.9 Å². The molecule has 0 aliphatic carbocycles. The third kappa shape index (κ3) is 4.66. The monoisotopic (exact) mass is 427 g/mol. The summed E-state index contributed by atoms with van der Waals surface area (Å²) < 4.78 is 10.3. The fraction of sp³-hybridized carbons (Fsp3) is 0.300. The number of rotatable bonds is 6. The molecule has 0 radical (unpaired) electrons. The fourth-order valence-electron chi connectivity index (χ4n) is 3.12. The predicted octanol–water partition coefficient (Wildman–Crippen LogP) is 2.35. The molecular weight excluding hydrogens is 406 g/mol. The van der Waals surface area contributed by atoms with Crippen molar-refractivity contribution in [1.82, 2.24) is 20.0 Å². The summed E-state index contributed by atoms with van der Waals surface area (Å²) in [5.41, 5.74) is 0.662. The molecule has 30 heavy (non-hydrogen) atoms. The number of methoxy groups -OCH3 is 1. The smallest absolute Gasteiger partial charge is 0.289 e. The lowest BCUT2D eigenvalue weighted by atomic mass is 10.3. The number of carbonyl (C=O) groups excluding carboxylic acids is 2. The average molecular weight is 427 g/mol. The lowest BCUT2D eigenvalue weighted by Crippen LogP contribution is -2.48. The first-order chi connectivity index (χ1) is 14.6. The zero-order valence-electron chi connectivity index (χ0n) is 16.4. The van der Waals surface area contributed by atoms with Gasteiger partial charge in [0.1, 0.15) is 10.8 Å². The summed E-state index contributed by atoms with van der Waals surface area (Å²) in [6.07, 6.45) is 1.50. The molecule has 10 heteroatoms. The van der Waals surface area contributed by atoms with Crippen LogP contribution in [0.3, 0.4) is 0 Å². The molecule has 0 saturated carbocycles. The van der Waals surface area contributed by atoms with Crippen molar-refractivity contribution < 1.29 is 18.7 Å². The van der Waals surface area contributed by atoms with E-state index in [1.165, 1.54) is 17.6 Å². The highest BCUT2D eigenvalue weighted by Gasteiger charge is 2.24. The van der Waals surface area contributed by atoms with Crippen LogP contribution < -0.4 is 10.1 Å². The van der Waals surface area contributed by atoms with Crippen molar-refractivity contribution >= 4 is 28.8 Å². The minimum atomic E-state index is -0.294. The lowest BCUT2D eigenvalue weighted by molar-refractivity contribution is 0.0597. The highest BCUT2D eigenvalue weighted by atomic mass is 32.1. The molecule has 1 fully saturated rings. The molecule has 1 aliphatic rings. The second kappa shape index (κ2) is 9.06. The van der Waals surface area contributed by atoms with Gasteiger partial charge in [-0.3, -0.25) is 14.5 Å². The van der Waals surface area contributed by atoms with Crippen molar-refractivity contribution in [3.8, 4) is 5.75 Å². The number of furan rings is 1. The maximum Gasteiger partial charge on any atom is 0.289 e. The SMILES string of the molecule is COc1ccc(NC(=O)c2nnc(CN3CCN(C(=O)c4ccco4)CC3)s2)cc1. The van der Waals surface area contributed by atoms with Crippen molar-refractivity contribution in [3.63, 3.8) is 0 Å². The topological polar surface area (TPSA) is 101 Å². The summed E-state index contributed by atoms with van der Waals surface area (Å²) in [5, 5.41) is 12.0. The molecule has 2 aromatic heterocycles. The van der Waals surface area contributed by atoms with Gasteiger partial charge in [-0.2, -0.15) is 0 Å². The van der Waals surface area contributed by atoms with Crippen molar-refractivity contribution in [1.29, 1.82) is 0 Å².